The van der Waals surface area contributed by atoms with Gasteiger partial charge in [-0.15, -0.1) is 11.3 Å². The number of rotatable bonds is 9. The Morgan fingerprint density at radius 3 is 2.81 bits per heavy atom. The molecule has 1 aliphatic rings. The highest BCUT2D eigenvalue weighted by atomic mass is 32.1. The normalized spacial score (nSPS) is 16.5. The van der Waals surface area contributed by atoms with Gasteiger partial charge in [0.1, 0.15) is 19.8 Å². The molecule has 6 nitrogen and oxygen atoms in total. The van der Waals surface area contributed by atoms with Crippen molar-refractivity contribution in [3.8, 4) is 5.75 Å². The lowest BCUT2D eigenvalue weighted by atomic mass is 10.00. The minimum absolute atomic E-state index is 0.0210. The molecule has 0 fully saturated rings. The van der Waals surface area contributed by atoms with Crippen LogP contribution in [0.25, 0.3) is 0 Å². The molecule has 8 heteroatoms. The van der Waals surface area contributed by atoms with Crippen LogP contribution in [0.5, 0.6) is 5.75 Å². The molecule has 0 saturated carbocycles. The third-order valence-corrected chi connectivity index (χ3v) is 6.66. The first-order valence-electron chi connectivity index (χ1n) is 10.5. The van der Waals surface area contributed by atoms with E-state index < -0.39 is 5.82 Å². The maximum absolute atomic E-state index is 14.0. The zero-order valence-electron chi connectivity index (χ0n) is 18.2. The molecule has 0 aliphatic carbocycles. The number of nitrogens with zero attached hydrogens (tertiary/aromatic N) is 2. The van der Waals surface area contributed by atoms with Gasteiger partial charge in [-0.25, -0.2) is 4.39 Å². The number of fused-ring (bicyclic) bond motifs is 1. The molecule has 2 amide bonds. The van der Waals surface area contributed by atoms with Crippen molar-refractivity contribution in [2.45, 2.75) is 38.8 Å². The Kier molecular flexibility index (Phi) is 8.03. The maximum atomic E-state index is 14.0. The molecule has 0 spiro atoms. The number of para-hydroxylation sites is 1. The van der Waals surface area contributed by atoms with E-state index in [0.29, 0.717) is 6.54 Å². The van der Waals surface area contributed by atoms with Crippen LogP contribution in [0.15, 0.2) is 35.7 Å². The van der Waals surface area contributed by atoms with Gasteiger partial charge in [-0.2, -0.15) is 0 Å². The van der Waals surface area contributed by atoms with E-state index in [0.717, 1.165) is 18.4 Å². The highest BCUT2D eigenvalue weighted by Crippen LogP contribution is 2.34. The van der Waals surface area contributed by atoms with Gasteiger partial charge in [-0.05, 0) is 48.9 Å². The molecular weight excluding hydrogens is 419 g/mol. The number of methoxy groups -OCH3 is 1. The number of hydrogen-bond acceptors (Lipinski definition) is 5. The monoisotopic (exact) mass is 448 g/mol. The van der Waals surface area contributed by atoms with Gasteiger partial charge >= 0.3 is 0 Å². The molecule has 1 aliphatic heterocycles. The van der Waals surface area contributed by atoms with Crippen LogP contribution in [-0.4, -0.2) is 61.1 Å². The molecule has 0 saturated heterocycles. The summed E-state index contributed by atoms with van der Waals surface area (Å²) in [5.74, 6) is -0.634. The zero-order valence-corrected chi connectivity index (χ0v) is 19.0. The molecule has 0 unspecified atom stereocenters. The Hall–Kier alpha value is -2.45. The fraction of sp³-hybridized carbons (Fsp3) is 0.478. The zero-order chi connectivity index (χ0) is 22.4. The topological polar surface area (TPSA) is 59.1 Å². The van der Waals surface area contributed by atoms with E-state index in [9.17, 15) is 14.0 Å². The molecule has 3 rings (SSSR count). The van der Waals surface area contributed by atoms with Gasteiger partial charge in [0.2, 0.25) is 11.8 Å². The van der Waals surface area contributed by atoms with Crippen LogP contribution in [-0.2, 0) is 20.7 Å². The van der Waals surface area contributed by atoms with E-state index in [1.165, 1.54) is 18.1 Å². The molecule has 2 heterocycles. The Balaban J connectivity index is 1.79. The molecular formula is C23H29FN2O4S. The Morgan fingerprint density at radius 1 is 1.32 bits per heavy atom. The van der Waals surface area contributed by atoms with Gasteiger partial charge in [0.25, 0.3) is 0 Å². The van der Waals surface area contributed by atoms with Crippen molar-refractivity contribution in [3.05, 3.63) is 52.0 Å². The number of ether oxygens (including phenoxy) is 2. The van der Waals surface area contributed by atoms with Crippen LogP contribution in [0.2, 0.25) is 0 Å². The number of hydrogen-bond donors (Lipinski definition) is 0. The number of thiophene rings is 1. The lowest BCUT2D eigenvalue weighted by Gasteiger charge is -2.38. The van der Waals surface area contributed by atoms with Gasteiger partial charge in [0.15, 0.2) is 11.6 Å². The summed E-state index contributed by atoms with van der Waals surface area (Å²) in [6.07, 6.45) is 1.49. The van der Waals surface area contributed by atoms with Crippen LogP contribution in [0.4, 0.5) is 4.39 Å². The summed E-state index contributed by atoms with van der Waals surface area (Å²) in [5, 5.41) is 2.00. The van der Waals surface area contributed by atoms with Crippen molar-refractivity contribution in [3.63, 3.8) is 0 Å². The van der Waals surface area contributed by atoms with E-state index >= 15 is 0 Å². The van der Waals surface area contributed by atoms with E-state index in [-0.39, 0.29) is 49.4 Å². The fourth-order valence-corrected chi connectivity index (χ4v) is 4.69. The average molecular weight is 449 g/mol. The van der Waals surface area contributed by atoms with Gasteiger partial charge in [0, 0.05) is 24.6 Å². The molecule has 0 bridgehead atoms. The minimum Gasteiger partial charge on any atom is -0.488 e. The van der Waals surface area contributed by atoms with Gasteiger partial charge in [-0.1, -0.05) is 19.1 Å². The molecule has 0 N–H and O–H groups in total. The second-order valence-corrected chi connectivity index (χ2v) is 8.61. The van der Waals surface area contributed by atoms with E-state index in [1.807, 2.05) is 25.3 Å². The van der Waals surface area contributed by atoms with Gasteiger partial charge in [0.05, 0.1) is 6.04 Å². The summed E-state index contributed by atoms with van der Waals surface area (Å²) in [5.41, 5.74) is 1.03. The molecule has 2 atom stereocenters. The van der Waals surface area contributed by atoms with E-state index in [1.54, 1.807) is 39.3 Å². The molecule has 0 radical (unpaired) electrons. The minimum atomic E-state index is -0.435. The smallest absolute Gasteiger partial charge is 0.249 e. The van der Waals surface area contributed by atoms with Crippen molar-refractivity contribution in [2.24, 2.45) is 0 Å². The Morgan fingerprint density at radius 2 is 2.10 bits per heavy atom. The third-order valence-electron chi connectivity index (χ3n) is 5.67. The number of benzene rings is 1. The molecule has 168 valence electrons. The lowest BCUT2D eigenvalue weighted by Crippen LogP contribution is -2.50. The number of amides is 2. The molecule has 1 aromatic carbocycles. The highest BCUT2D eigenvalue weighted by molar-refractivity contribution is 7.10. The summed E-state index contributed by atoms with van der Waals surface area (Å²) < 4.78 is 24.8. The summed E-state index contributed by atoms with van der Waals surface area (Å²) in [4.78, 5) is 30.4. The molecule has 2 aromatic rings. The van der Waals surface area contributed by atoms with Crippen LogP contribution >= 0.6 is 11.3 Å². The quantitative estimate of drug-likeness (QED) is 0.587. The number of carbonyl (C=O) groups excluding carboxylic acids is 2. The first-order valence-corrected chi connectivity index (χ1v) is 11.4. The Bertz CT molecular complexity index is 903. The van der Waals surface area contributed by atoms with Gasteiger partial charge < -0.3 is 19.3 Å². The predicted molar refractivity (Wildman–Crippen MR) is 118 cm³/mol. The summed E-state index contributed by atoms with van der Waals surface area (Å²) in [7, 11) is 1.47. The average Bonchev–Trinajstić information content (AvgIpc) is 3.25. The van der Waals surface area contributed by atoms with Crippen molar-refractivity contribution >= 4 is 23.2 Å². The maximum Gasteiger partial charge on any atom is 0.249 e. The standard InChI is InChI=1S/C23H29FN2O4S/c1-4-16(2)26(23(28)15-29-3)13-22(27)25-11-9-21-17(10-12-31-21)19(25)14-30-20-8-6-5-7-18(20)24/h5-8,10,12,16,19H,4,9,11,13-15H2,1-3H3/t16-,19-/m1/s1. The first kappa shape index (κ1) is 23.2. The molecule has 31 heavy (non-hydrogen) atoms. The SMILES string of the molecule is CC[C@@H](C)N(CC(=O)N1CCc2sccc2[C@H]1COc1ccccc1F)C(=O)COC. The van der Waals surface area contributed by atoms with Crippen molar-refractivity contribution < 1.29 is 23.5 Å². The van der Waals surface area contributed by atoms with E-state index in [4.69, 9.17) is 9.47 Å². The highest BCUT2D eigenvalue weighted by Gasteiger charge is 2.34. The third kappa shape index (κ3) is 5.43. The lowest BCUT2D eigenvalue weighted by molar-refractivity contribution is -0.146. The Labute approximate surface area is 186 Å². The fourth-order valence-electron chi connectivity index (χ4n) is 3.76. The van der Waals surface area contributed by atoms with Gasteiger partial charge in [-0.3, -0.25) is 9.59 Å². The number of carbonyl (C=O) groups is 2. The van der Waals surface area contributed by atoms with Crippen molar-refractivity contribution in [1.29, 1.82) is 0 Å². The van der Waals surface area contributed by atoms with Crippen LogP contribution in [0.3, 0.4) is 0 Å². The van der Waals surface area contributed by atoms with E-state index in [2.05, 4.69) is 0 Å². The number of halogens is 1. The van der Waals surface area contributed by atoms with Crippen molar-refractivity contribution in [1.82, 2.24) is 9.80 Å². The predicted octanol–water partition coefficient (Wildman–Crippen LogP) is 3.67. The van der Waals surface area contributed by atoms with Crippen LogP contribution < -0.4 is 4.74 Å². The second kappa shape index (κ2) is 10.7. The largest absolute Gasteiger partial charge is 0.488 e. The second-order valence-electron chi connectivity index (χ2n) is 7.61. The van der Waals surface area contributed by atoms with Crippen LogP contribution in [0, 0.1) is 5.82 Å². The summed E-state index contributed by atoms with van der Waals surface area (Å²) in [6, 6.07) is 7.82. The summed E-state index contributed by atoms with van der Waals surface area (Å²) >= 11 is 1.65. The summed E-state index contributed by atoms with van der Waals surface area (Å²) in [6.45, 7) is 4.49. The first-order chi connectivity index (χ1) is 15.0. The molecule has 1 aromatic heterocycles. The van der Waals surface area contributed by atoms with Crippen molar-refractivity contribution in [2.75, 3.05) is 33.4 Å². The van der Waals surface area contributed by atoms with Crippen LogP contribution in [0.1, 0.15) is 36.8 Å².